The van der Waals surface area contributed by atoms with E-state index in [0.29, 0.717) is 12.5 Å². The van der Waals surface area contributed by atoms with Crippen molar-refractivity contribution in [2.45, 2.75) is 57.1 Å². The molecule has 21 heavy (non-hydrogen) atoms. The lowest BCUT2D eigenvalue weighted by Gasteiger charge is -2.36. The van der Waals surface area contributed by atoms with Gasteiger partial charge in [-0.15, -0.1) is 0 Å². The Bertz CT molecular complexity index is 403. The summed E-state index contributed by atoms with van der Waals surface area (Å²) in [5.41, 5.74) is 5.91. The molecule has 1 atom stereocenters. The largest absolute Gasteiger partial charge is 0.384 e. The summed E-state index contributed by atoms with van der Waals surface area (Å²) >= 11 is 0. The van der Waals surface area contributed by atoms with E-state index >= 15 is 0 Å². The third-order valence-electron chi connectivity index (χ3n) is 4.96. The van der Waals surface area contributed by atoms with Gasteiger partial charge in [0.1, 0.15) is 5.60 Å². The normalized spacial score (nSPS) is 19.6. The molecule has 118 valence electrons. The van der Waals surface area contributed by atoms with E-state index in [2.05, 4.69) is 11.8 Å². The van der Waals surface area contributed by atoms with Crippen LogP contribution in [0, 0.1) is 0 Å². The van der Waals surface area contributed by atoms with Crippen LogP contribution in [0.1, 0.15) is 51.0 Å². The molecule has 1 aromatic carbocycles. The third-order valence-corrected chi connectivity index (χ3v) is 4.96. The Hall–Kier alpha value is -0.900. The molecule has 3 nitrogen and oxygen atoms in total. The zero-order valence-corrected chi connectivity index (χ0v) is 13.3. The summed E-state index contributed by atoms with van der Waals surface area (Å²) < 4.78 is 0. The van der Waals surface area contributed by atoms with Crippen LogP contribution in [0.25, 0.3) is 0 Å². The fraction of sp³-hybridized carbons (Fsp3) is 0.667. The van der Waals surface area contributed by atoms with Crippen LogP contribution in [-0.2, 0) is 5.60 Å². The number of benzene rings is 1. The van der Waals surface area contributed by atoms with Crippen LogP contribution >= 0.6 is 0 Å². The number of hydrogen-bond donors (Lipinski definition) is 2. The lowest BCUT2D eigenvalue weighted by molar-refractivity contribution is 0.0189. The first-order valence-corrected chi connectivity index (χ1v) is 8.41. The summed E-state index contributed by atoms with van der Waals surface area (Å²) in [6.45, 7) is 4.47. The monoisotopic (exact) mass is 290 g/mol. The lowest BCUT2D eigenvalue weighted by atomic mass is 9.89. The molecule has 1 aliphatic rings. The van der Waals surface area contributed by atoms with Crippen molar-refractivity contribution in [3.8, 4) is 0 Å². The van der Waals surface area contributed by atoms with E-state index in [-0.39, 0.29) is 6.54 Å². The number of nitrogens with zero attached hydrogens (tertiary/aromatic N) is 1. The summed E-state index contributed by atoms with van der Waals surface area (Å²) in [6.07, 6.45) is 7.39. The van der Waals surface area contributed by atoms with Gasteiger partial charge in [0.25, 0.3) is 0 Å². The first kappa shape index (κ1) is 16.5. The van der Waals surface area contributed by atoms with E-state index in [0.717, 1.165) is 18.7 Å². The van der Waals surface area contributed by atoms with Gasteiger partial charge in [-0.1, -0.05) is 56.5 Å². The van der Waals surface area contributed by atoms with Gasteiger partial charge in [-0.2, -0.15) is 0 Å². The van der Waals surface area contributed by atoms with E-state index in [1.54, 1.807) is 0 Å². The number of rotatable bonds is 7. The van der Waals surface area contributed by atoms with E-state index in [1.165, 1.54) is 32.1 Å². The van der Waals surface area contributed by atoms with Crippen LogP contribution in [0.3, 0.4) is 0 Å². The standard InChI is InChI=1S/C18H30N2O/c1-2-20(17-11-7-4-8-12-17)14-13-18(21,15-19)16-9-5-3-6-10-16/h3,5-6,9-10,17,21H,2,4,7-8,11-15,19H2,1H3. The van der Waals surface area contributed by atoms with Crippen molar-refractivity contribution in [2.24, 2.45) is 5.73 Å². The molecule has 0 heterocycles. The van der Waals surface area contributed by atoms with Gasteiger partial charge in [-0.3, -0.25) is 0 Å². The van der Waals surface area contributed by atoms with Crippen LogP contribution in [0.15, 0.2) is 30.3 Å². The summed E-state index contributed by atoms with van der Waals surface area (Å²) in [5.74, 6) is 0. The minimum atomic E-state index is -0.899. The maximum atomic E-state index is 10.9. The Kier molecular flexibility index (Phi) is 6.22. The maximum Gasteiger partial charge on any atom is 0.103 e. The first-order valence-electron chi connectivity index (χ1n) is 8.41. The summed E-state index contributed by atoms with van der Waals surface area (Å²) in [6, 6.07) is 10.6. The Balaban J connectivity index is 1.97. The second kappa shape index (κ2) is 7.92. The van der Waals surface area contributed by atoms with Gasteiger partial charge in [0.15, 0.2) is 0 Å². The second-order valence-electron chi connectivity index (χ2n) is 6.27. The molecule has 0 bridgehead atoms. The minimum absolute atomic E-state index is 0.277. The van der Waals surface area contributed by atoms with E-state index < -0.39 is 5.60 Å². The fourth-order valence-corrected chi connectivity index (χ4v) is 3.49. The van der Waals surface area contributed by atoms with Gasteiger partial charge in [0, 0.05) is 19.1 Å². The van der Waals surface area contributed by atoms with Gasteiger partial charge in [-0.25, -0.2) is 0 Å². The molecule has 0 radical (unpaired) electrons. The van der Waals surface area contributed by atoms with Crippen molar-refractivity contribution >= 4 is 0 Å². The van der Waals surface area contributed by atoms with Gasteiger partial charge in [-0.05, 0) is 31.4 Å². The fourth-order valence-electron chi connectivity index (χ4n) is 3.49. The zero-order chi connectivity index (χ0) is 15.1. The predicted octanol–water partition coefficient (Wildman–Crippen LogP) is 2.88. The van der Waals surface area contributed by atoms with Crippen molar-refractivity contribution in [3.05, 3.63) is 35.9 Å². The molecule has 0 amide bonds. The molecule has 0 saturated heterocycles. The Labute approximate surface area is 129 Å². The van der Waals surface area contributed by atoms with Gasteiger partial charge in [0.2, 0.25) is 0 Å². The average molecular weight is 290 g/mol. The van der Waals surface area contributed by atoms with Crippen molar-refractivity contribution in [1.29, 1.82) is 0 Å². The van der Waals surface area contributed by atoms with Crippen LogP contribution < -0.4 is 5.73 Å². The quantitative estimate of drug-likeness (QED) is 0.812. The Morgan fingerprint density at radius 2 is 1.86 bits per heavy atom. The number of hydrogen-bond acceptors (Lipinski definition) is 3. The van der Waals surface area contributed by atoms with E-state index in [1.807, 2.05) is 30.3 Å². The minimum Gasteiger partial charge on any atom is -0.384 e. The molecule has 1 fully saturated rings. The molecule has 3 heteroatoms. The van der Waals surface area contributed by atoms with Crippen molar-refractivity contribution in [2.75, 3.05) is 19.6 Å². The molecule has 1 saturated carbocycles. The predicted molar refractivity (Wildman–Crippen MR) is 88.1 cm³/mol. The molecule has 0 aliphatic heterocycles. The molecule has 3 N–H and O–H groups in total. The van der Waals surface area contributed by atoms with Crippen LogP contribution in [0.5, 0.6) is 0 Å². The zero-order valence-electron chi connectivity index (χ0n) is 13.3. The number of nitrogens with two attached hydrogens (primary N) is 1. The molecule has 1 unspecified atom stereocenters. The van der Waals surface area contributed by atoms with Gasteiger partial charge < -0.3 is 15.7 Å². The van der Waals surface area contributed by atoms with Crippen molar-refractivity contribution in [3.63, 3.8) is 0 Å². The molecule has 1 aromatic rings. The summed E-state index contributed by atoms with van der Waals surface area (Å²) in [5, 5.41) is 10.9. The smallest absolute Gasteiger partial charge is 0.103 e. The van der Waals surface area contributed by atoms with Crippen LogP contribution in [0.2, 0.25) is 0 Å². The SMILES string of the molecule is CCN(CCC(O)(CN)c1ccccc1)C1CCCCC1. The van der Waals surface area contributed by atoms with E-state index in [9.17, 15) is 5.11 Å². The highest BCUT2D eigenvalue weighted by Gasteiger charge is 2.29. The highest BCUT2D eigenvalue weighted by atomic mass is 16.3. The second-order valence-corrected chi connectivity index (χ2v) is 6.27. The molecular weight excluding hydrogens is 260 g/mol. The van der Waals surface area contributed by atoms with Crippen LogP contribution in [-0.4, -0.2) is 35.7 Å². The molecule has 0 aromatic heterocycles. The van der Waals surface area contributed by atoms with Crippen LogP contribution in [0.4, 0.5) is 0 Å². The highest BCUT2D eigenvalue weighted by Crippen LogP contribution is 2.27. The first-order chi connectivity index (χ1) is 10.2. The van der Waals surface area contributed by atoms with Gasteiger partial charge in [0.05, 0.1) is 0 Å². The lowest BCUT2D eigenvalue weighted by Crippen LogP contribution is -2.43. The Morgan fingerprint density at radius 1 is 1.19 bits per heavy atom. The average Bonchev–Trinajstić information content (AvgIpc) is 2.57. The van der Waals surface area contributed by atoms with Crippen molar-refractivity contribution < 1.29 is 5.11 Å². The van der Waals surface area contributed by atoms with Crippen molar-refractivity contribution in [1.82, 2.24) is 4.90 Å². The van der Waals surface area contributed by atoms with Gasteiger partial charge >= 0.3 is 0 Å². The Morgan fingerprint density at radius 3 is 2.43 bits per heavy atom. The molecule has 1 aliphatic carbocycles. The molecular formula is C18H30N2O. The maximum absolute atomic E-state index is 10.9. The third kappa shape index (κ3) is 4.29. The number of aliphatic hydroxyl groups is 1. The highest BCUT2D eigenvalue weighted by molar-refractivity contribution is 5.22. The summed E-state index contributed by atoms with van der Waals surface area (Å²) in [7, 11) is 0. The van der Waals surface area contributed by atoms with E-state index in [4.69, 9.17) is 5.73 Å². The molecule has 2 rings (SSSR count). The topological polar surface area (TPSA) is 49.5 Å². The molecule has 0 spiro atoms. The summed E-state index contributed by atoms with van der Waals surface area (Å²) in [4.78, 5) is 2.53.